The molecule has 28 heavy (non-hydrogen) atoms. The van der Waals surface area contributed by atoms with Crippen LogP contribution in [0.5, 0.6) is 0 Å². The summed E-state index contributed by atoms with van der Waals surface area (Å²) in [6, 6.07) is 16.4. The minimum absolute atomic E-state index is 0.0222. The van der Waals surface area contributed by atoms with Crippen molar-refractivity contribution >= 4 is 23.1 Å². The van der Waals surface area contributed by atoms with Gasteiger partial charge in [-0.2, -0.15) is 0 Å². The summed E-state index contributed by atoms with van der Waals surface area (Å²) in [6.45, 7) is 1.96. The first-order valence-corrected chi connectivity index (χ1v) is 8.75. The molecule has 3 aromatic rings. The fraction of sp³-hybridized carbons (Fsp3) is 0.0909. The molecule has 2 aromatic carbocycles. The van der Waals surface area contributed by atoms with Crippen LogP contribution >= 0.6 is 0 Å². The van der Waals surface area contributed by atoms with E-state index in [1.165, 1.54) is 30.5 Å². The Morgan fingerprint density at radius 3 is 2.46 bits per heavy atom. The number of rotatable bonds is 5. The molecular formula is C22H17FN2O3. The van der Waals surface area contributed by atoms with Crippen LogP contribution < -0.4 is 5.32 Å². The zero-order valence-corrected chi connectivity index (χ0v) is 15.1. The molecule has 0 aliphatic carbocycles. The molecule has 1 aliphatic rings. The van der Waals surface area contributed by atoms with Crippen LogP contribution in [-0.4, -0.2) is 16.7 Å². The molecule has 5 nitrogen and oxygen atoms in total. The standard InChI is InChI=1S/C22H17FN2O3/c1-14-4-2-5-17(12-14)24-20-19(15-7-9-16(23)10-8-15)21(26)25(22(20)27)13-18-6-3-11-28-18/h2-12,24H,13H2,1H3. The quantitative estimate of drug-likeness (QED) is 0.681. The number of hydrogen-bond donors (Lipinski definition) is 1. The number of imide groups is 1. The van der Waals surface area contributed by atoms with Gasteiger partial charge in [0.15, 0.2) is 0 Å². The van der Waals surface area contributed by atoms with Gasteiger partial charge >= 0.3 is 0 Å². The maximum atomic E-state index is 13.4. The summed E-state index contributed by atoms with van der Waals surface area (Å²) >= 11 is 0. The molecule has 0 bridgehead atoms. The van der Waals surface area contributed by atoms with Crippen LogP contribution in [0.3, 0.4) is 0 Å². The van der Waals surface area contributed by atoms with Crippen molar-refractivity contribution in [3.05, 3.63) is 95.3 Å². The molecule has 1 aromatic heterocycles. The Kier molecular flexibility index (Phi) is 4.53. The van der Waals surface area contributed by atoms with Gasteiger partial charge in [0.1, 0.15) is 17.3 Å². The molecule has 0 fully saturated rings. The van der Waals surface area contributed by atoms with Crippen LogP contribution in [0.15, 0.2) is 77.0 Å². The predicted octanol–water partition coefficient (Wildman–Crippen LogP) is 4.12. The third-order valence-electron chi connectivity index (χ3n) is 4.48. The number of nitrogens with zero attached hydrogens (tertiary/aromatic N) is 1. The largest absolute Gasteiger partial charge is 0.467 e. The van der Waals surface area contributed by atoms with Crippen molar-refractivity contribution in [3.8, 4) is 0 Å². The number of amides is 2. The highest BCUT2D eigenvalue weighted by Gasteiger charge is 2.39. The number of hydrogen-bond acceptors (Lipinski definition) is 4. The average molecular weight is 376 g/mol. The second-order valence-corrected chi connectivity index (χ2v) is 6.53. The molecule has 0 unspecified atom stereocenters. The van der Waals surface area contributed by atoms with Crippen molar-refractivity contribution in [2.24, 2.45) is 0 Å². The molecule has 1 N–H and O–H groups in total. The molecule has 140 valence electrons. The van der Waals surface area contributed by atoms with E-state index in [2.05, 4.69) is 5.32 Å². The average Bonchev–Trinajstić information content (AvgIpc) is 3.26. The van der Waals surface area contributed by atoms with Crippen LogP contribution in [0.4, 0.5) is 10.1 Å². The van der Waals surface area contributed by atoms with E-state index in [1.807, 2.05) is 31.2 Å². The van der Waals surface area contributed by atoms with E-state index < -0.39 is 17.6 Å². The fourth-order valence-electron chi connectivity index (χ4n) is 3.15. The molecule has 0 saturated heterocycles. The van der Waals surface area contributed by atoms with E-state index in [4.69, 9.17) is 4.42 Å². The summed E-state index contributed by atoms with van der Waals surface area (Å²) in [5.74, 6) is -0.830. The summed E-state index contributed by atoms with van der Waals surface area (Å²) in [5, 5.41) is 3.08. The van der Waals surface area contributed by atoms with E-state index in [1.54, 1.807) is 12.1 Å². The van der Waals surface area contributed by atoms with Crippen molar-refractivity contribution in [3.63, 3.8) is 0 Å². The number of anilines is 1. The van der Waals surface area contributed by atoms with Crippen molar-refractivity contribution in [2.75, 3.05) is 5.32 Å². The molecule has 2 amide bonds. The lowest BCUT2D eigenvalue weighted by Gasteiger charge is -2.13. The van der Waals surface area contributed by atoms with Gasteiger partial charge in [-0.25, -0.2) is 4.39 Å². The van der Waals surface area contributed by atoms with Gasteiger partial charge in [-0.3, -0.25) is 14.5 Å². The third-order valence-corrected chi connectivity index (χ3v) is 4.48. The van der Waals surface area contributed by atoms with Crippen LogP contribution in [0.1, 0.15) is 16.9 Å². The maximum absolute atomic E-state index is 13.4. The molecule has 6 heteroatoms. The van der Waals surface area contributed by atoms with Crippen molar-refractivity contribution in [2.45, 2.75) is 13.5 Å². The highest BCUT2D eigenvalue weighted by molar-refractivity contribution is 6.36. The Morgan fingerprint density at radius 1 is 1.00 bits per heavy atom. The molecule has 2 heterocycles. The number of carbonyl (C=O) groups excluding carboxylic acids is 2. The van der Waals surface area contributed by atoms with Gasteiger partial charge in [-0.1, -0.05) is 24.3 Å². The minimum atomic E-state index is -0.456. The van der Waals surface area contributed by atoms with Crippen molar-refractivity contribution < 1.29 is 18.4 Å². The summed E-state index contributed by atoms with van der Waals surface area (Å²) in [4.78, 5) is 27.2. The Hall–Kier alpha value is -3.67. The normalized spacial score (nSPS) is 14.1. The van der Waals surface area contributed by atoms with Crippen LogP contribution in [0.25, 0.3) is 5.57 Å². The lowest BCUT2D eigenvalue weighted by Crippen LogP contribution is -2.31. The number of aryl methyl sites for hydroxylation is 1. The molecule has 4 rings (SSSR count). The summed E-state index contributed by atoms with van der Waals surface area (Å²) < 4.78 is 18.6. The van der Waals surface area contributed by atoms with Gasteiger partial charge in [-0.15, -0.1) is 0 Å². The SMILES string of the molecule is Cc1cccc(NC2=C(c3ccc(F)cc3)C(=O)N(Cc3ccco3)C2=O)c1. The number of nitrogens with one attached hydrogen (secondary N) is 1. The van der Waals surface area contributed by atoms with E-state index in [-0.39, 0.29) is 17.8 Å². The lowest BCUT2D eigenvalue weighted by atomic mass is 10.0. The second-order valence-electron chi connectivity index (χ2n) is 6.53. The first-order valence-electron chi connectivity index (χ1n) is 8.75. The Balaban J connectivity index is 1.76. The smallest absolute Gasteiger partial charge is 0.278 e. The number of benzene rings is 2. The monoisotopic (exact) mass is 376 g/mol. The Bertz CT molecular complexity index is 1070. The van der Waals surface area contributed by atoms with Gasteiger partial charge in [0.2, 0.25) is 0 Å². The molecule has 0 spiro atoms. The third kappa shape index (κ3) is 3.32. The topological polar surface area (TPSA) is 62.6 Å². The molecule has 0 atom stereocenters. The van der Waals surface area contributed by atoms with Crippen LogP contribution in [-0.2, 0) is 16.1 Å². The van der Waals surface area contributed by atoms with E-state index in [0.717, 1.165) is 10.5 Å². The van der Waals surface area contributed by atoms with Gasteiger partial charge in [0.25, 0.3) is 11.8 Å². The number of halogens is 1. The lowest BCUT2D eigenvalue weighted by molar-refractivity contribution is -0.137. The highest BCUT2D eigenvalue weighted by atomic mass is 19.1. The second kappa shape index (κ2) is 7.15. The maximum Gasteiger partial charge on any atom is 0.278 e. The number of carbonyl (C=O) groups is 2. The fourth-order valence-corrected chi connectivity index (χ4v) is 3.15. The Morgan fingerprint density at radius 2 is 1.79 bits per heavy atom. The van der Waals surface area contributed by atoms with Gasteiger partial charge < -0.3 is 9.73 Å². The zero-order valence-electron chi connectivity index (χ0n) is 15.1. The van der Waals surface area contributed by atoms with Crippen LogP contribution in [0, 0.1) is 12.7 Å². The van der Waals surface area contributed by atoms with Crippen molar-refractivity contribution in [1.82, 2.24) is 4.90 Å². The zero-order chi connectivity index (χ0) is 19.7. The van der Waals surface area contributed by atoms with Gasteiger partial charge in [0.05, 0.1) is 18.4 Å². The number of furan rings is 1. The summed E-state index contributed by atoms with van der Waals surface area (Å²) in [7, 11) is 0. The summed E-state index contributed by atoms with van der Waals surface area (Å²) in [5.41, 5.74) is 2.54. The van der Waals surface area contributed by atoms with E-state index in [0.29, 0.717) is 17.0 Å². The predicted molar refractivity (Wildman–Crippen MR) is 102 cm³/mol. The van der Waals surface area contributed by atoms with Crippen molar-refractivity contribution in [1.29, 1.82) is 0 Å². The molecule has 0 saturated carbocycles. The molecular weight excluding hydrogens is 359 g/mol. The Labute approximate surface area is 161 Å². The first kappa shape index (κ1) is 17.7. The van der Waals surface area contributed by atoms with Gasteiger partial charge in [-0.05, 0) is 54.4 Å². The molecule has 0 radical (unpaired) electrons. The van der Waals surface area contributed by atoms with E-state index >= 15 is 0 Å². The molecule has 1 aliphatic heterocycles. The van der Waals surface area contributed by atoms with E-state index in [9.17, 15) is 14.0 Å². The summed E-state index contributed by atoms with van der Waals surface area (Å²) in [6.07, 6.45) is 1.49. The van der Waals surface area contributed by atoms with Crippen LogP contribution in [0.2, 0.25) is 0 Å². The highest BCUT2D eigenvalue weighted by Crippen LogP contribution is 2.31. The van der Waals surface area contributed by atoms with Gasteiger partial charge in [0, 0.05) is 5.69 Å². The first-order chi connectivity index (χ1) is 13.5. The minimum Gasteiger partial charge on any atom is -0.467 e.